The number of rotatable bonds is 10. The number of carbonyl (C=O) groups is 2. The molecular weight excluding hydrogens is 432 g/mol. The number of nitrogen functional groups attached to an aromatic ring is 1. The molecule has 4 rings (SSSR count). The maximum absolute atomic E-state index is 13.6. The molecule has 2 atom stereocenters. The van der Waals surface area contributed by atoms with Gasteiger partial charge >= 0.3 is 0 Å². The molecule has 0 saturated carbocycles. The van der Waals surface area contributed by atoms with Crippen LogP contribution in [-0.2, 0) is 20.9 Å². The molecule has 34 heavy (non-hydrogen) atoms. The van der Waals surface area contributed by atoms with E-state index in [0.717, 1.165) is 12.0 Å². The van der Waals surface area contributed by atoms with Crippen molar-refractivity contribution in [2.45, 2.75) is 31.6 Å². The molecule has 1 fully saturated rings. The van der Waals surface area contributed by atoms with Gasteiger partial charge < -0.3 is 25.3 Å². The summed E-state index contributed by atoms with van der Waals surface area (Å²) in [5.41, 5.74) is 7.70. The second-order valence-corrected chi connectivity index (χ2v) is 8.10. The van der Waals surface area contributed by atoms with E-state index in [9.17, 15) is 9.59 Å². The number of hydrogen-bond acceptors (Lipinski definition) is 6. The molecular formula is C27H28N2O5. The zero-order valence-electron chi connectivity index (χ0n) is 18.8. The Labute approximate surface area is 198 Å². The summed E-state index contributed by atoms with van der Waals surface area (Å²) in [7, 11) is 0. The van der Waals surface area contributed by atoms with Crippen molar-refractivity contribution >= 4 is 17.4 Å². The van der Waals surface area contributed by atoms with Crippen LogP contribution in [0.3, 0.4) is 0 Å². The summed E-state index contributed by atoms with van der Waals surface area (Å²) >= 11 is 0. The van der Waals surface area contributed by atoms with E-state index in [1.165, 1.54) is 0 Å². The van der Waals surface area contributed by atoms with Crippen LogP contribution in [0.4, 0.5) is 5.69 Å². The summed E-state index contributed by atoms with van der Waals surface area (Å²) in [6.45, 7) is 0.852. The topological polar surface area (TPSA) is 99.9 Å². The molecule has 176 valence electrons. The number of ketones is 1. The number of ether oxygens (including phenoxy) is 3. The molecule has 7 nitrogen and oxygen atoms in total. The van der Waals surface area contributed by atoms with Gasteiger partial charge in [-0.05, 0) is 42.7 Å². The van der Waals surface area contributed by atoms with E-state index < -0.39 is 12.1 Å². The van der Waals surface area contributed by atoms with E-state index in [2.05, 4.69) is 5.32 Å². The van der Waals surface area contributed by atoms with Crippen LogP contribution in [0.1, 0.15) is 28.8 Å². The van der Waals surface area contributed by atoms with Crippen molar-refractivity contribution in [3.8, 4) is 11.5 Å². The van der Waals surface area contributed by atoms with Gasteiger partial charge in [-0.3, -0.25) is 9.59 Å². The average molecular weight is 461 g/mol. The maximum atomic E-state index is 13.6. The fourth-order valence-corrected chi connectivity index (χ4v) is 3.73. The summed E-state index contributed by atoms with van der Waals surface area (Å²) in [5, 5.41) is 2.82. The first-order valence-electron chi connectivity index (χ1n) is 11.3. The van der Waals surface area contributed by atoms with Crippen LogP contribution in [0.2, 0.25) is 0 Å². The van der Waals surface area contributed by atoms with Gasteiger partial charge in [0.15, 0.2) is 5.78 Å². The summed E-state index contributed by atoms with van der Waals surface area (Å²) in [4.78, 5) is 26.4. The largest absolute Gasteiger partial charge is 0.457 e. The minimum Gasteiger partial charge on any atom is -0.457 e. The highest BCUT2D eigenvalue weighted by molar-refractivity contribution is 6.04. The summed E-state index contributed by atoms with van der Waals surface area (Å²) in [6.07, 6.45) is 0.881. The van der Waals surface area contributed by atoms with Crippen LogP contribution >= 0.6 is 0 Å². The Morgan fingerprint density at radius 2 is 1.76 bits per heavy atom. The minimum atomic E-state index is -0.915. The van der Waals surface area contributed by atoms with Crippen molar-refractivity contribution < 1.29 is 23.8 Å². The number of Topliss-reactive ketones (excluding diaryl/α,β-unsaturated/α-hetero) is 1. The number of hydrogen-bond donors (Lipinski definition) is 2. The summed E-state index contributed by atoms with van der Waals surface area (Å²) in [6, 6.07) is 22.7. The van der Waals surface area contributed by atoms with Gasteiger partial charge in [0, 0.05) is 18.4 Å². The van der Waals surface area contributed by atoms with E-state index in [4.69, 9.17) is 19.9 Å². The Kier molecular flexibility index (Phi) is 7.91. The first-order valence-corrected chi connectivity index (χ1v) is 11.3. The Morgan fingerprint density at radius 1 is 1.03 bits per heavy atom. The normalized spacial score (nSPS) is 16.1. The van der Waals surface area contributed by atoms with Gasteiger partial charge in [-0.1, -0.05) is 48.5 Å². The lowest BCUT2D eigenvalue weighted by molar-refractivity contribution is -0.131. The number of para-hydroxylation sites is 1. The third kappa shape index (κ3) is 6.21. The number of anilines is 1. The lowest BCUT2D eigenvalue weighted by Gasteiger charge is -2.21. The predicted molar refractivity (Wildman–Crippen MR) is 129 cm³/mol. The zero-order chi connectivity index (χ0) is 23.8. The second-order valence-electron chi connectivity index (χ2n) is 8.10. The third-order valence-electron chi connectivity index (χ3n) is 5.49. The van der Waals surface area contributed by atoms with Crippen LogP contribution in [-0.4, -0.2) is 37.0 Å². The second kappa shape index (κ2) is 11.4. The van der Waals surface area contributed by atoms with E-state index in [0.29, 0.717) is 42.4 Å². The van der Waals surface area contributed by atoms with Gasteiger partial charge in [0.2, 0.25) is 5.91 Å². The molecule has 1 saturated heterocycles. The van der Waals surface area contributed by atoms with E-state index in [-0.39, 0.29) is 18.3 Å². The third-order valence-corrected chi connectivity index (χ3v) is 5.49. The zero-order valence-corrected chi connectivity index (χ0v) is 18.8. The van der Waals surface area contributed by atoms with Gasteiger partial charge in [0.05, 0.1) is 18.8 Å². The maximum Gasteiger partial charge on any atom is 0.249 e. The molecule has 0 aliphatic carbocycles. The van der Waals surface area contributed by atoms with Gasteiger partial charge in [-0.15, -0.1) is 0 Å². The molecule has 1 unspecified atom stereocenters. The standard InChI is InChI=1S/C27H28N2O5/c28-20-13-14-22(25(16-20)34-21-10-5-2-6-11-21)26(30)23(29-27(31)24-12-7-15-33-24)18-32-17-19-8-3-1-4-9-19/h1-6,8-11,13-14,16,23-24H,7,12,15,17-18,28H2,(H,29,31)/t23?,24-/m1/s1. The van der Waals surface area contributed by atoms with Crippen molar-refractivity contribution in [1.82, 2.24) is 5.32 Å². The number of nitrogens with one attached hydrogen (secondary N) is 1. The molecule has 3 aromatic carbocycles. The van der Waals surface area contributed by atoms with Crippen molar-refractivity contribution in [3.05, 3.63) is 90.0 Å². The first-order chi connectivity index (χ1) is 16.6. The number of nitrogens with two attached hydrogens (primary N) is 1. The molecule has 1 amide bonds. The van der Waals surface area contributed by atoms with Crippen molar-refractivity contribution in [2.75, 3.05) is 18.9 Å². The van der Waals surface area contributed by atoms with Crippen molar-refractivity contribution in [1.29, 1.82) is 0 Å². The van der Waals surface area contributed by atoms with Gasteiger partial charge in [0.25, 0.3) is 0 Å². The van der Waals surface area contributed by atoms with Crippen LogP contribution in [0.25, 0.3) is 0 Å². The molecule has 7 heteroatoms. The fraction of sp³-hybridized carbons (Fsp3) is 0.259. The Bertz CT molecular complexity index is 1100. The first kappa shape index (κ1) is 23.5. The molecule has 0 aromatic heterocycles. The van der Waals surface area contributed by atoms with Crippen LogP contribution in [0.5, 0.6) is 11.5 Å². The van der Waals surface area contributed by atoms with E-state index in [1.54, 1.807) is 30.3 Å². The quantitative estimate of drug-likeness (QED) is 0.349. The van der Waals surface area contributed by atoms with Gasteiger partial charge in [0.1, 0.15) is 23.6 Å². The molecule has 3 N–H and O–H groups in total. The molecule has 3 aromatic rings. The van der Waals surface area contributed by atoms with Gasteiger partial charge in [-0.2, -0.15) is 0 Å². The monoisotopic (exact) mass is 460 g/mol. The summed E-state index contributed by atoms with van der Waals surface area (Å²) in [5.74, 6) is 0.239. The molecule has 1 aliphatic rings. The highest BCUT2D eigenvalue weighted by Gasteiger charge is 2.30. The van der Waals surface area contributed by atoms with Crippen LogP contribution in [0.15, 0.2) is 78.9 Å². The molecule has 1 heterocycles. The van der Waals surface area contributed by atoms with E-state index in [1.807, 2.05) is 48.5 Å². The van der Waals surface area contributed by atoms with Crippen LogP contribution < -0.4 is 15.8 Å². The van der Waals surface area contributed by atoms with E-state index >= 15 is 0 Å². The molecule has 0 spiro atoms. The predicted octanol–water partition coefficient (Wildman–Crippen LogP) is 4.12. The highest BCUT2D eigenvalue weighted by atomic mass is 16.5. The van der Waals surface area contributed by atoms with Gasteiger partial charge in [-0.25, -0.2) is 0 Å². The Hall–Kier alpha value is -3.68. The minimum absolute atomic E-state index is 0.00133. The lowest BCUT2D eigenvalue weighted by atomic mass is 10.0. The van der Waals surface area contributed by atoms with Crippen molar-refractivity contribution in [2.24, 2.45) is 0 Å². The number of benzene rings is 3. The summed E-state index contributed by atoms with van der Waals surface area (Å²) < 4.78 is 17.3. The average Bonchev–Trinajstić information content (AvgIpc) is 3.40. The smallest absolute Gasteiger partial charge is 0.249 e. The molecule has 0 bridgehead atoms. The van der Waals surface area contributed by atoms with Crippen molar-refractivity contribution in [3.63, 3.8) is 0 Å². The fourth-order valence-electron chi connectivity index (χ4n) is 3.73. The highest BCUT2D eigenvalue weighted by Crippen LogP contribution is 2.29. The SMILES string of the molecule is Nc1ccc(C(=O)C(COCc2ccccc2)NC(=O)[C@H]2CCCO2)c(Oc2ccccc2)c1. The number of carbonyl (C=O) groups excluding carboxylic acids is 2. The molecule has 1 aliphatic heterocycles. The Morgan fingerprint density at radius 3 is 2.47 bits per heavy atom. The lowest BCUT2D eigenvalue weighted by Crippen LogP contribution is -2.48. The Balaban J connectivity index is 1.54. The van der Waals surface area contributed by atoms with Crippen LogP contribution in [0, 0.1) is 0 Å². The number of amides is 1. The molecule has 0 radical (unpaired) electrons.